The topological polar surface area (TPSA) is 89.7 Å². The summed E-state index contributed by atoms with van der Waals surface area (Å²) < 4.78 is 6.44. The van der Waals surface area contributed by atoms with E-state index in [1.165, 1.54) is 0 Å². The highest BCUT2D eigenvalue weighted by molar-refractivity contribution is 9.10. The molecule has 96 valence electrons. The molecule has 0 spiro atoms. The normalized spacial score (nSPS) is 10.8. The Morgan fingerprint density at radius 1 is 1.32 bits per heavy atom. The van der Waals surface area contributed by atoms with Crippen molar-refractivity contribution in [3.05, 3.63) is 33.9 Å². The van der Waals surface area contributed by atoms with Gasteiger partial charge in [0, 0.05) is 5.02 Å². The summed E-state index contributed by atoms with van der Waals surface area (Å²) >= 11 is 9.25. The van der Waals surface area contributed by atoms with Crippen LogP contribution in [0, 0.1) is 0 Å². The van der Waals surface area contributed by atoms with Crippen molar-refractivity contribution in [3.8, 4) is 11.6 Å². The maximum atomic E-state index is 5.88. The standard InChI is InChI=1S/C11H7BrClN5O/c12-7-3-5(13)1-2-8(7)19-10-6-4-15-18-9(6)16-11(14)17-10/h1-4H,(H3,14,15,16,17,18). The SMILES string of the molecule is Nc1nc(Oc2ccc(Cl)cc2Br)c2cn[nH]c2n1. The number of ether oxygens (including phenoxy) is 1. The highest BCUT2D eigenvalue weighted by Gasteiger charge is 2.12. The molecule has 3 rings (SSSR count). The van der Waals surface area contributed by atoms with Gasteiger partial charge in [0.05, 0.1) is 10.7 Å². The number of anilines is 1. The van der Waals surface area contributed by atoms with Gasteiger partial charge in [-0.2, -0.15) is 15.1 Å². The van der Waals surface area contributed by atoms with Crippen molar-refractivity contribution in [2.45, 2.75) is 0 Å². The summed E-state index contributed by atoms with van der Waals surface area (Å²) in [4.78, 5) is 8.07. The maximum absolute atomic E-state index is 5.88. The largest absolute Gasteiger partial charge is 0.437 e. The van der Waals surface area contributed by atoms with Crippen molar-refractivity contribution in [1.82, 2.24) is 20.2 Å². The molecule has 0 amide bonds. The molecule has 0 saturated heterocycles. The fourth-order valence-corrected chi connectivity index (χ4v) is 2.33. The van der Waals surface area contributed by atoms with Crippen LogP contribution in [0.1, 0.15) is 0 Å². The quantitative estimate of drug-likeness (QED) is 0.748. The Balaban J connectivity index is 2.07. The third-order valence-corrected chi connectivity index (χ3v) is 3.25. The van der Waals surface area contributed by atoms with Gasteiger partial charge >= 0.3 is 0 Å². The molecule has 0 bridgehead atoms. The Bertz CT molecular complexity index is 760. The number of nitrogens with zero attached hydrogens (tertiary/aromatic N) is 3. The number of H-pyrrole nitrogens is 1. The Labute approximate surface area is 121 Å². The zero-order chi connectivity index (χ0) is 13.4. The fraction of sp³-hybridized carbons (Fsp3) is 0. The number of halogens is 2. The van der Waals surface area contributed by atoms with E-state index in [2.05, 4.69) is 36.1 Å². The summed E-state index contributed by atoms with van der Waals surface area (Å²) in [6, 6.07) is 5.18. The van der Waals surface area contributed by atoms with Crippen molar-refractivity contribution < 1.29 is 4.74 Å². The number of hydrogen-bond donors (Lipinski definition) is 2. The fourth-order valence-electron chi connectivity index (χ4n) is 1.56. The second-order valence-corrected chi connectivity index (χ2v) is 4.99. The highest BCUT2D eigenvalue weighted by atomic mass is 79.9. The molecule has 0 unspecified atom stereocenters. The van der Waals surface area contributed by atoms with E-state index in [0.717, 1.165) is 0 Å². The van der Waals surface area contributed by atoms with E-state index in [4.69, 9.17) is 22.1 Å². The average Bonchev–Trinajstić information content (AvgIpc) is 2.80. The van der Waals surface area contributed by atoms with Gasteiger partial charge in [-0.15, -0.1) is 0 Å². The number of nitrogens with two attached hydrogens (primary N) is 1. The second kappa shape index (κ2) is 4.67. The van der Waals surface area contributed by atoms with Crippen LogP contribution < -0.4 is 10.5 Å². The van der Waals surface area contributed by atoms with Crippen molar-refractivity contribution >= 4 is 44.5 Å². The molecule has 6 nitrogen and oxygen atoms in total. The van der Waals surface area contributed by atoms with Crippen LogP contribution in [0.3, 0.4) is 0 Å². The minimum Gasteiger partial charge on any atom is -0.437 e. The number of hydrogen-bond acceptors (Lipinski definition) is 5. The summed E-state index contributed by atoms with van der Waals surface area (Å²) in [5.74, 6) is 1.01. The van der Waals surface area contributed by atoms with E-state index in [-0.39, 0.29) is 5.95 Å². The molecule has 8 heteroatoms. The maximum Gasteiger partial charge on any atom is 0.235 e. The van der Waals surface area contributed by atoms with Gasteiger partial charge in [0.15, 0.2) is 5.65 Å². The van der Waals surface area contributed by atoms with Crippen LogP contribution in [0.15, 0.2) is 28.9 Å². The van der Waals surface area contributed by atoms with Gasteiger partial charge in [-0.1, -0.05) is 11.6 Å². The molecule has 2 aromatic heterocycles. The lowest BCUT2D eigenvalue weighted by molar-refractivity contribution is 0.466. The van der Waals surface area contributed by atoms with E-state index in [1.807, 2.05) is 0 Å². The lowest BCUT2D eigenvalue weighted by Crippen LogP contribution is -1.98. The Kier molecular flexibility index (Phi) is 3.00. The van der Waals surface area contributed by atoms with Gasteiger partial charge in [-0.25, -0.2) is 0 Å². The lowest BCUT2D eigenvalue weighted by atomic mass is 10.3. The van der Waals surface area contributed by atoms with E-state index in [9.17, 15) is 0 Å². The monoisotopic (exact) mass is 339 g/mol. The number of rotatable bonds is 2. The zero-order valence-corrected chi connectivity index (χ0v) is 11.7. The molecule has 0 aliphatic rings. The van der Waals surface area contributed by atoms with Gasteiger partial charge in [0.2, 0.25) is 11.8 Å². The number of aromatic nitrogens is 4. The van der Waals surface area contributed by atoms with Crippen LogP contribution >= 0.6 is 27.5 Å². The van der Waals surface area contributed by atoms with Gasteiger partial charge in [0.25, 0.3) is 0 Å². The molecule has 19 heavy (non-hydrogen) atoms. The summed E-state index contributed by atoms with van der Waals surface area (Å²) in [5, 5.41) is 7.86. The number of benzene rings is 1. The van der Waals surface area contributed by atoms with Gasteiger partial charge < -0.3 is 10.5 Å². The molecule has 0 saturated carbocycles. The Morgan fingerprint density at radius 2 is 2.16 bits per heavy atom. The first-order valence-corrected chi connectivity index (χ1v) is 6.40. The third-order valence-electron chi connectivity index (χ3n) is 2.39. The summed E-state index contributed by atoms with van der Waals surface area (Å²) in [6.45, 7) is 0. The average molecular weight is 341 g/mol. The molecule has 3 N–H and O–H groups in total. The predicted molar refractivity (Wildman–Crippen MR) is 75.3 cm³/mol. The van der Waals surface area contributed by atoms with Crippen molar-refractivity contribution in [1.29, 1.82) is 0 Å². The van der Waals surface area contributed by atoms with Crippen molar-refractivity contribution in [3.63, 3.8) is 0 Å². The number of nitrogens with one attached hydrogen (secondary N) is 1. The minimum absolute atomic E-state index is 0.108. The number of nitrogen functional groups attached to an aromatic ring is 1. The number of fused-ring (bicyclic) bond motifs is 1. The molecule has 0 fully saturated rings. The molecule has 0 aliphatic carbocycles. The summed E-state index contributed by atoms with van der Waals surface area (Å²) in [5.41, 5.74) is 6.14. The molecular formula is C11H7BrClN5O. The van der Waals surface area contributed by atoms with E-state index < -0.39 is 0 Å². The molecule has 0 aliphatic heterocycles. The summed E-state index contributed by atoms with van der Waals surface area (Å²) in [7, 11) is 0. The van der Waals surface area contributed by atoms with E-state index in [0.29, 0.717) is 32.2 Å². The predicted octanol–water partition coefficient (Wildman–Crippen LogP) is 3.14. The molecular weight excluding hydrogens is 334 g/mol. The van der Waals surface area contributed by atoms with E-state index >= 15 is 0 Å². The first-order valence-electron chi connectivity index (χ1n) is 5.23. The van der Waals surface area contributed by atoms with Crippen LogP contribution in [0.2, 0.25) is 5.02 Å². The second-order valence-electron chi connectivity index (χ2n) is 3.70. The first-order chi connectivity index (χ1) is 9.13. The molecule has 0 atom stereocenters. The van der Waals surface area contributed by atoms with Crippen LogP contribution in [0.4, 0.5) is 5.95 Å². The van der Waals surface area contributed by atoms with Gasteiger partial charge in [0.1, 0.15) is 11.1 Å². The van der Waals surface area contributed by atoms with Crippen LogP contribution in [-0.4, -0.2) is 20.2 Å². The van der Waals surface area contributed by atoms with Crippen LogP contribution in [-0.2, 0) is 0 Å². The minimum atomic E-state index is 0.108. The Morgan fingerprint density at radius 3 is 2.95 bits per heavy atom. The smallest absolute Gasteiger partial charge is 0.235 e. The van der Waals surface area contributed by atoms with Gasteiger partial charge in [-0.3, -0.25) is 5.10 Å². The third kappa shape index (κ3) is 2.34. The molecule has 0 radical (unpaired) electrons. The van der Waals surface area contributed by atoms with Crippen molar-refractivity contribution in [2.75, 3.05) is 5.73 Å². The van der Waals surface area contributed by atoms with E-state index in [1.54, 1.807) is 24.4 Å². The zero-order valence-electron chi connectivity index (χ0n) is 9.39. The lowest BCUT2D eigenvalue weighted by Gasteiger charge is -2.08. The molecule has 3 aromatic rings. The number of aromatic amines is 1. The highest BCUT2D eigenvalue weighted by Crippen LogP contribution is 2.33. The van der Waals surface area contributed by atoms with Gasteiger partial charge in [-0.05, 0) is 34.1 Å². The first kappa shape index (κ1) is 12.2. The van der Waals surface area contributed by atoms with Crippen LogP contribution in [0.5, 0.6) is 11.6 Å². The Hall–Kier alpha value is -1.86. The van der Waals surface area contributed by atoms with Crippen molar-refractivity contribution in [2.24, 2.45) is 0 Å². The molecule has 1 aromatic carbocycles. The molecule has 2 heterocycles. The summed E-state index contributed by atoms with van der Waals surface area (Å²) in [6.07, 6.45) is 1.58. The van der Waals surface area contributed by atoms with Crippen LogP contribution in [0.25, 0.3) is 11.0 Å².